The molecule has 5 N–H and O–H groups in total. The maximum Gasteiger partial charge on any atom is 0.573 e. The Morgan fingerprint density at radius 2 is 2.14 bits per heavy atom. The number of carboxylic acid groups (broad SMARTS) is 1. The number of anilines is 1. The fourth-order valence-corrected chi connectivity index (χ4v) is 1.29. The number of nitrogens with two attached hydrogens (primary N) is 1. The molecule has 0 aromatic heterocycles. The number of nitrogens with one attached hydrogen (secondary N) is 2. The smallest absolute Gasteiger partial charge is 0.478 e. The number of hydrogen-bond acceptors (Lipinski definition) is 6. The summed E-state index contributed by atoms with van der Waals surface area (Å²) < 4.78 is 40.6. The number of halogens is 3. The van der Waals surface area contributed by atoms with E-state index in [-0.39, 0.29) is 0 Å². The topological polar surface area (TPSA) is 145 Å². The van der Waals surface area contributed by atoms with Crippen LogP contribution in [0, 0.1) is 16.7 Å². The lowest BCUT2D eigenvalue weighted by molar-refractivity contribution is -0.274. The zero-order valence-corrected chi connectivity index (χ0v) is 10.6. The van der Waals surface area contributed by atoms with Crippen molar-refractivity contribution in [1.29, 1.82) is 10.7 Å². The highest BCUT2D eigenvalue weighted by atomic mass is 19.4. The molecule has 0 aliphatic heterocycles. The number of nitriles is 1. The maximum absolute atomic E-state index is 12.3. The number of ether oxygens (including phenoxy) is 1. The summed E-state index contributed by atoms with van der Waals surface area (Å²) in [5, 5.41) is 27.9. The third-order valence-electron chi connectivity index (χ3n) is 2.12. The molecule has 0 spiro atoms. The first-order chi connectivity index (χ1) is 10.2. The Bertz CT molecular complexity index is 679. The van der Waals surface area contributed by atoms with Gasteiger partial charge in [-0.25, -0.2) is 4.79 Å². The van der Waals surface area contributed by atoms with Crippen molar-refractivity contribution in [2.24, 2.45) is 10.8 Å². The van der Waals surface area contributed by atoms with Gasteiger partial charge >= 0.3 is 12.3 Å². The minimum absolute atomic E-state index is 0.577. The molecule has 0 amide bonds. The maximum atomic E-state index is 12.3. The van der Waals surface area contributed by atoms with Gasteiger partial charge in [0.1, 0.15) is 11.8 Å². The summed E-state index contributed by atoms with van der Waals surface area (Å²) in [5.41, 5.74) is 5.11. The molecule has 0 aliphatic rings. The fraction of sp³-hybridized carbons (Fsp3) is 0.0909. The molecule has 0 saturated carbocycles. The molecule has 22 heavy (non-hydrogen) atoms. The fourth-order valence-electron chi connectivity index (χ4n) is 1.29. The first kappa shape index (κ1) is 16.8. The first-order valence-electron chi connectivity index (χ1n) is 5.36. The summed E-state index contributed by atoms with van der Waals surface area (Å²) in [4.78, 5) is 11.0. The van der Waals surface area contributed by atoms with Crippen LogP contribution in [-0.4, -0.2) is 29.0 Å². The van der Waals surface area contributed by atoms with Gasteiger partial charge in [-0.15, -0.1) is 13.2 Å². The van der Waals surface area contributed by atoms with E-state index < -0.39 is 40.9 Å². The van der Waals surface area contributed by atoms with Crippen LogP contribution in [0.2, 0.25) is 0 Å². The number of rotatable bonds is 5. The molecule has 0 saturated heterocycles. The Labute approximate surface area is 121 Å². The molecule has 0 bridgehead atoms. The number of alkyl halides is 3. The summed E-state index contributed by atoms with van der Waals surface area (Å²) in [6.45, 7) is 0. The van der Waals surface area contributed by atoms with E-state index in [4.69, 9.17) is 21.5 Å². The molecule has 0 fully saturated rings. The number of hydrazone groups is 1. The molecule has 0 aliphatic carbocycles. The third kappa shape index (κ3) is 4.37. The number of carboxylic acids is 1. The number of hydrogen-bond donors (Lipinski definition) is 4. The quantitative estimate of drug-likeness (QED) is 0.368. The van der Waals surface area contributed by atoms with Gasteiger partial charge < -0.3 is 15.6 Å². The van der Waals surface area contributed by atoms with Gasteiger partial charge in [0.25, 0.3) is 0 Å². The summed E-state index contributed by atoms with van der Waals surface area (Å²) >= 11 is 0. The highest BCUT2D eigenvalue weighted by molar-refractivity contribution is 6.45. The largest absolute Gasteiger partial charge is 0.573 e. The third-order valence-corrected chi connectivity index (χ3v) is 2.12. The zero-order chi connectivity index (χ0) is 16.9. The number of carbonyl (C=O) groups is 1. The number of para-hydroxylation sites is 1. The summed E-state index contributed by atoms with van der Waals surface area (Å²) in [6.07, 6.45) is -5.06. The van der Waals surface area contributed by atoms with Crippen LogP contribution in [0.15, 0.2) is 23.3 Å². The Balaban J connectivity index is 3.33. The molecule has 0 heterocycles. The summed E-state index contributed by atoms with van der Waals surface area (Å²) in [6, 6.07) is 4.31. The monoisotopic (exact) mass is 315 g/mol. The van der Waals surface area contributed by atoms with Crippen molar-refractivity contribution in [2.45, 2.75) is 6.36 Å². The van der Waals surface area contributed by atoms with Crippen molar-refractivity contribution in [3.63, 3.8) is 0 Å². The minimum Gasteiger partial charge on any atom is -0.478 e. The standard InChI is InChI=1S/C11H8F3N5O3/c12-11(13,14)22-7-3-1-2-5(10(20)21)8(7)19-18-6(4-15)9(16)17/h1-3,19H,(H3,16,17)(H,20,21)/b18-6+. The van der Waals surface area contributed by atoms with Gasteiger partial charge in [0.2, 0.25) is 5.71 Å². The molecule has 1 aromatic carbocycles. The molecular formula is C11H8F3N5O3. The van der Waals surface area contributed by atoms with E-state index >= 15 is 0 Å². The van der Waals surface area contributed by atoms with Gasteiger partial charge in [-0.2, -0.15) is 10.4 Å². The van der Waals surface area contributed by atoms with E-state index in [0.717, 1.165) is 18.2 Å². The summed E-state index contributed by atoms with van der Waals surface area (Å²) in [7, 11) is 0. The number of amidine groups is 1. The second-order valence-corrected chi connectivity index (χ2v) is 3.63. The molecule has 11 heteroatoms. The van der Waals surface area contributed by atoms with Gasteiger partial charge in [-0.1, -0.05) is 6.07 Å². The van der Waals surface area contributed by atoms with Crippen molar-refractivity contribution in [2.75, 3.05) is 5.43 Å². The highest BCUT2D eigenvalue weighted by Crippen LogP contribution is 2.33. The van der Waals surface area contributed by atoms with Crippen LogP contribution in [0.1, 0.15) is 10.4 Å². The van der Waals surface area contributed by atoms with Gasteiger partial charge in [-0.3, -0.25) is 10.8 Å². The number of benzene rings is 1. The second kappa shape index (κ2) is 6.44. The molecule has 0 atom stereocenters. The van der Waals surface area contributed by atoms with Crippen LogP contribution < -0.4 is 15.9 Å². The van der Waals surface area contributed by atoms with E-state index in [9.17, 15) is 18.0 Å². The van der Waals surface area contributed by atoms with Gasteiger partial charge in [0.05, 0.1) is 5.56 Å². The van der Waals surface area contributed by atoms with Crippen molar-refractivity contribution in [3.8, 4) is 11.8 Å². The molecule has 0 unspecified atom stereocenters. The summed E-state index contributed by atoms with van der Waals surface area (Å²) in [5.74, 6) is -3.16. The van der Waals surface area contributed by atoms with Crippen LogP contribution in [0.3, 0.4) is 0 Å². The molecule has 1 aromatic rings. The van der Waals surface area contributed by atoms with E-state index in [0.29, 0.717) is 0 Å². The molecule has 116 valence electrons. The van der Waals surface area contributed by atoms with Crippen molar-refractivity contribution >= 4 is 23.2 Å². The molecule has 8 nitrogen and oxygen atoms in total. The van der Waals surface area contributed by atoms with Gasteiger partial charge in [0, 0.05) is 0 Å². The lowest BCUT2D eigenvalue weighted by Crippen LogP contribution is -2.22. The van der Waals surface area contributed by atoms with Crippen molar-refractivity contribution < 1.29 is 27.8 Å². The zero-order valence-electron chi connectivity index (χ0n) is 10.6. The average molecular weight is 315 g/mol. The van der Waals surface area contributed by atoms with Gasteiger partial charge in [0.15, 0.2) is 11.6 Å². The van der Waals surface area contributed by atoms with Crippen LogP contribution in [0.5, 0.6) is 5.75 Å². The average Bonchev–Trinajstić information content (AvgIpc) is 2.38. The van der Waals surface area contributed by atoms with Crippen LogP contribution >= 0.6 is 0 Å². The predicted molar refractivity (Wildman–Crippen MR) is 68.7 cm³/mol. The molecule has 1 rings (SSSR count). The second-order valence-electron chi connectivity index (χ2n) is 3.63. The molecular weight excluding hydrogens is 307 g/mol. The Morgan fingerprint density at radius 3 is 2.59 bits per heavy atom. The minimum atomic E-state index is -5.06. The highest BCUT2D eigenvalue weighted by Gasteiger charge is 2.33. The van der Waals surface area contributed by atoms with Gasteiger partial charge in [-0.05, 0) is 12.1 Å². The van der Waals surface area contributed by atoms with E-state index in [1.807, 2.05) is 5.43 Å². The lowest BCUT2D eigenvalue weighted by Gasteiger charge is -2.14. The van der Waals surface area contributed by atoms with E-state index in [1.165, 1.54) is 6.07 Å². The predicted octanol–water partition coefficient (Wildman–Crippen LogP) is 1.51. The lowest BCUT2D eigenvalue weighted by atomic mass is 10.1. The Kier molecular flexibility index (Phi) is 4.91. The first-order valence-corrected chi connectivity index (χ1v) is 5.36. The molecule has 0 radical (unpaired) electrons. The number of aromatic carboxylic acids is 1. The van der Waals surface area contributed by atoms with Crippen LogP contribution in [-0.2, 0) is 0 Å². The number of nitrogens with zero attached hydrogens (tertiary/aromatic N) is 2. The van der Waals surface area contributed by atoms with Crippen LogP contribution in [0.4, 0.5) is 18.9 Å². The van der Waals surface area contributed by atoms with Crippen molar-refractivity contribution in [3.05, 3.63) is 23.8 Å². The van der Waals surface area contributed by atoms with E-state index in [1.54, 1.807) is 0 Å². The Hall–Kier alpha value is -3.29. The normalized spacial score (nSPS) is 11.5. The SMILES string of the molecule is N#C/C(=N\Nc1c(OC(F)(F)F)cccc1C(=O)O)C(=N)N. The Morgan fingerprint density at radius 1 is 1.50 bits per heavy atom. The van der Waals surface area contributed by atoms with Crippen LogP contribution in [0.25, 0.3) is 0 Å². The van der Waals surface area contributed by atoms with Crippen molar-refractivity contribution in [1.82, 2.24) is 0 Å². The van der Waals surface area contributed by atoms with E-state index in [2.05, 4.69) is 9.84 Å².